The van der Waals surface area contributed by atoms with Crippen LogP contribution in [-0.2, 0) is 4.79 Å². The van der Waals surface area contributed by atoms with Crippen molar-refractivity contribution in [3.8, 4) is 11.5 Å². The van der Waals surface area contributed by atoms with Crippen LogP contribution in [0.3, 0.4) is 0 Å². The second-order valence-electron chi connectivity index (χ2n) is 5.44. The van der Waals surface area contributed by atoms with Crippen LogP contribution in [0, 0.1) is 5.82 Å². The monoisotopic (exact) mass is 360 g/mol. The summed E-state index contributed by atoms with van der Waals surface area (Å²) in [5.74, 6) is -0.543. The first-order valence-corrected chi connectivity index (χ1v) is 8.05. The number of nitrogens with zero attached hydrogens (tertiary/aromatic N) is 1. The molecular weight excluding hydrogens is 339 g/mol. The molecule has 0 unspecified atom stereocenters. The molecule has 0 aliphatic carbocycles. The topological polar surface area (TPSA) is 67.9 Å². The van der Waals surface area contributed by atoms with Gasteiger partial charge in [-0.25, -0.2) is 4.39 Å². The minimum atomic E-state index is -0.550. The van der Waals surface area contributed by atoms with Crippen molar-refractivity contribution in [3.63, 3.8) is 0 Å². The van der Waals surface area contributed by atoms with Crippen LogP contribution in [-0.4, -0.2) is 44.0 Å². The molecule has 0 heterocycles. The largest absolute Gasteiger partial charge is 0.497 e. The fourth-order valence-electron chi connectivity index (χ4n) is 2.42. The molecule has 0 spiro atoms. The van der Waals surface area contributed by atoms with E-state index in [1.165, 1.54) is 31.3 Å². The molecule has 0 atom stereocenters. The Balaban J connectivity index is 2.11. The van der Waals surface area contributed by atoms with Crippen LogP contribution in [0.15, 0.2) is 42.5 Å². The Hall–Kier alpha value is -3.09. The number of halogens is 1. The number of hydrogen-bond donors (Lipinski definition) is 1. The molecule has 1 N–H and O–H groups in total. The first-order chi connectivity index (χ1) is 12.5. The first kappa shape index (κ1) is 19.2. The predicted octanol–water partition coefficient (Wildman–Crippen LogP) is 2.94. The lowest BCUT2D eigenvalue weighted by Gasteiger charge is -2.21. The highest BCUT2D eigenvalue weighted by atomic mass is 19.1. The van der Waals surface area contributed by atoms with Gasteiger partial charge >= 0.3 is 0 Å². The summed E-state index contributed by atoms with van der Waals surface area (Å²) in [6.07, 6.45) is 0. The van der Waals surface area contributed by atoms with Crippen LogP contribution in [0.25, 0.3) is 0 Å². The van der Waals surface area contributed by atoms with Gasteiger partial charge in [-0.3, -0.25) is 9.59 Å². The number of methoxy groups -OCH3 is 2. The lowest BCUT2D eigenvalue weighted by molar-refractivity contribution is -0.116. The summed E-state index contributed by atoms with van der Waals surface area (Å²) >= 11 is 0. The van der Waals surface area contributed by atoms with Crippen molar-refractivity contribution in [1.82, 2.24) is 4.90 Å². The van der Waals surface area contributed by atoms with E-state index in [2.05, 4.69) is 5.32 Å². The minimum Gasteiger partial charge on any atom is -0.497 e. The van der Waals surface area contributed by atoms with Gasteiger partial charge in [-0.2, -0.15) is 0 Å². The summed E-state index contributed by atoms with van der Waals surface area (Å²) in [4.78, 5) is 26.3. The molecule has 0 bridgehead atoms. The van der Waals surface area contributed by atoms with Crippen LogP contribution in [0.1, 0.15) is 17.3 Å². The van der Waals surface area contributed by atoms with E-state index in [0.29, 0.717) is 11.4 Å². The highest BCUT2D eigenvalue weighted by Crippen LogP contribution is 2.21. The summed E-state index contributed by atoms with van der Waals surface area (Å²) in [5, 5.41) is 2.71. The summed E-state index contributed by atoms with van der Waals surface area (Å²) in [7, 11) is 2.93. The van der Waals surface area contributed by atoms with Crippen LogP contribution in [0.5, 0.6) is 11.5 Å². The number of ether oxygens (including phenoxy) is 2. The number of benzene rings is 2. The normalized spacial score (nSPS) is 10.2. The number of amides is 2. The van der Waals surface area contributed by atoms with Crippen molar-refractivity contribution in [2.24, 2.45) is 0 Å². The summed E-state index contributed by atoms with van der Waals surface area (Å²) < 4.78 is 23.7. The van der Waals surface area contributed by atoms with Crippen molar-refractivity contribution in [2.45, 2.75) is 6.92 Å². The smallest absolute Gasteiger partial charge is 0.258 e. The quantitative estimate of drug-likeness (QED) is 0.824. The Labute approximate surface area is 151 Å². The van der Waals surface area contributed by atoms with Gasteiger partial charge in [0.1, 0.15) is 23.9 Å². The van der Waals surface area contributed by atoms with Gasteiger partial charge in [-0.15, -0.1) is 0 Å². The second kappa shape index (κ2) is 8.84. The SMILES string of the molecule is CCN(CC(=O)Nc1cccc(OC)c1)C(=O)c1cc(F)ccc1OC. The van der Waals surface area contributed by atoms with Crippen molar-refractivity contribution in [2.75, 3.05) is 32.6 Å². The van der Waals surface area contributed by atoms with E-state index in [4.69, 9.17) is 9.47 Å². The van der Waals surface area contributed by atoms with Gasteiger partial charge < -0.3 is 19.7 Å². The number of carbonyl (C=O) groups excluding carboxylic acids is 2. The molecular formula is C19H21FN2O4. The van der Waals surface area contributed by atoms with Gasteiger partial charge in [-0.1, -0.05) is 6.07 Å². The Bertz CT molecular complexity index is 795. The van der Waals surface area contributed by atoms with Crippen molar-refractivity contribution in [1.29, 1.82) is 0 Å². The lowest BCUT2D eigenvalue weighted by Crippen LogP contribution is -2.38. The molecule has 0 fully saturated rings. The molecule has 0 saturated carbocycles. The molecule has 0 aromatic heterocycles. The van der Waals surface area contributed by atoms with Crippen molar-refractivity contribution < 1.29 is 23.5 Å². The molecule has 26 heavy (non-hydrogen) atoms. The van der Waals surface area contributed by atoms with E-state index in [9.17, 15) is 14.0 Å². The highest BCUT2D eigenvalue weighted by molar-refractivity contribution is 6.01. The van der Waals surface area contributed by atoms with Crippen LogP contribution in [0.2, 0.25) is 0 Å². The summed E-state index contributed by atoms with van der Waals surface area (Å²) in [5.41, 5.74) is 0.629. The summed E-state index contributed by atoms with van der Waals surface area (Å²) in [6, 6.07) is 10.6. The van der Waals surface area contributed by atoms with Gasteiger partial charge in [0.05, 0.1) is 19.8 Å². The Morgan fingerprint density at radius 1 is 1.12 bits per heavy atom. The van der Waals surface area contributed by atoms with E-state index in [0.717, 1.165) is 6.07 Å². The highest BCUT2D eigenvalue weighted by Gasteiger charge is 2.21. The fraction of sp³-hybridized carbons (Fsp3) is 0.263. The molecule has 2 aromatic carbocycles. The molecule has 0 saturated heterocycles. The predicted molar refractivity (Wildman–Crippen MR) is 96.2 cm³/mol. The maximum absolute atomic E-state index is 13.5. The first-order valence-electron chi connectivity index (χ1n) is 8.05. The second-order valence-corrected chi connectivity index (χ2v) is 5.44. The minimum absolute atomic E-state index is 0.0727. The number of hydrogen-bond acceptors (Lipinski definition) is 4. The zero-order valence-corrected chi connectivity index (χ0v) is 14.9. The van der Waals surface area contributed by atoms with Gasteiger partial charge in [0.15, 0.2) is 0 Å². The molecule has 0 aliphatic heterocycles. The standard InChI is InChI=1S/C19H21FN2O4/c1-4-22(19(24)16-10-13(20)8-9-17(16)26-3)12-18(23)21-14-6-5-7-15(11-14)25-2/h5-11H,4,12H2,1-3H3,(H,21,23). The number of nitrogens with one attached hydrogen (secondary N) is 1. The zero-order valence-electron chi connectivity index (χ0n) is 14.9. The molecule has 2 amide bonds. The van der Waals surface area contributed by atoms with E-state index >= 15 is 0 Å². The molecule has 2 aromatic rings. The maximum atomic E-state index is 13.5. The number of carbonyl (C=O) groups is 2. The van der Waals surface area contributed by atoms with Crippen LogP contribution < -0.4 is 14.8 Å². The van der Waals surface area contributed by atoms with E-state index in [1.807, 2.05) is 0 Å². The molecule has 0 aliphatic rings. The van der Waals surface area contributed by atoms with E-state index < -0.39 is 11.7 Å². The van der Waals surface area contributed by atoms with Crippen molar-refractivity contribution >= 4 is 17.5 Å². The Morgan fingerprint density at radius 2 is 1.88 bits per heavy atom. The van der Waals surface area contributed by atoms with Gasteiger partial charge in [0.2, 0.25) is 5.91 Å². The van der Waals surface area contributed by atoms with Gasteiger partial charge in [-0.05, 0) is 37.3 Å². The Morgan fingerprint density at radius 3 is 2.54 bits per heavy atom. The molecule has 7 heteroatoms. The molecule has 6 nitrogen and oxygen atoms in total. The van der Waals surface area contributed by atoms with Crippen LogP contribution >= 0.6 is 0 Å². The third-order valence-corrected chi connectivity index (χ3v) is 3.75. The van der Waals surface area contributed by atoms with Gasteiger partial charge in [0, 0.05) is 18.3 Å². The van der Waals surface area contributed by atoms with Gasteiger partial charge in [0.25, 0.3) is 5.91 Å². The third-order valence-electron chi connectivity index (χ3n) is 3.75. The fourth-order valence-corrected chi connectivity index (χ4v) is 2.42. The number of rotatable bonds is 7. The molecule has 138 valence electrons. The average Bonchev–Trinajstić information content (AvgIpc) is 2.65. The summed E-state index contributed by atoms with van der Waals surface area (Å²) in [6.45, 7) is 1.85. The molecule has 2 rings (SSSR count). The number of anilines is 1. The zero-order chi connectivity index (χ0) is 19.1. The van der Waals surface area contributed by atoms with E-state index in [-0.39, 0.29) is 30.3 Å². The molecule has 0 radical (unpaired) electrons. The van der Waals surface area contributed by atoms with Crippen LogP contribution in [0.4, 0.5) is 10.1 Å². The van der Waals surface area contributed by atoms with Crippen molar-refractivity contribution in [3.05, 3.63) is 53.8 Å². The maximum Gasteiger partial charge on any atom is 0.258 e. The lowest BCUT2D eigenvalue weighted by atomic mass is 10.1. The third kappa shape index (κ3) is 4.72. The Kier molecular flexibility index (Phi) is 6.54. The average molecular weight is 360 g/mol. The number of likely N-dealkylation sites (N-methyl/N-ethyl adjacent to an activating group) is 1. The van der Waals surface area contributed by atoms with E-state index in [1.54, 1.807) is 31.2 Å².